The fourth-order valence-corrected chi connectivity index (χ4v) is 1.66. The topological polar surface area (TPSA) is 61.7 Å². The maximum atomic E-state index is 12.9. The minimum Gasteiger partial charge on any atom is -0.507 e. The molecule has 2 N–H and O–H groups in total. The molecule has 0 radical (unpaired) electrons. The molecule has 4 nitrogen and oxygen atoms in total. The first kappa shape index (κ1) is 14.0. The Morgan fingerprint density at radius 2 is 2.10 bits per heavy atom. The van der Waals surface area contributed by atoms with Crippen molar-refractivity contribution in [2.45, 2.75) is 0 Å². The molecule has 2 aromatic carbocycles. The van der Waals surface area contributed by atoms with Crippen molar-refractivity contribution >= 4 is 23.7 Å². The van der Waals surface area contributed by atoms with Gasteiger partial charge in [-0.2, -0.15) is 5.10 Å². The molecule has 0 aliphatic carbocycles. The number of hydrogen-bond donors (Lipinski definition) is 2. The predicted molar refractivity (Wildman–Crippen MR) is 74.6 cm³/mol. The molecule has 0 aliphatic heterocycles. The van der Waals surface area contributed by atoms with Crippen LogP contribution in [0.2, 0.25) is 5.02 Å². The summed E-state index contributed by atoms with van der Waals surface area (Å²) < 4.78 is 12.9. The van der Waals surface area contributed by atoms with Crippen LogP contribution in [0.25, 0.3) is 0 Å². The minimum absolute atomic E-state index is 0.0156. The van der Waals surface area contributed by atoms with E-state index in [1.165, 1.54) is 42.6 Å². The normalized spacial score (nSPS) is 10.7. The van der Waals surface area contributed by atoms with Crippen LogP contribution in [0, 0.1) is 5.82 Å². The number of carbonyl (C=O) groups excluding carboxylic acids is 1. The van der Waals surface area contributed by atoms with E-state index in [1.807, 2.05) is 0 Å². The third-order valence-corrected chi connectivity index (χ3v) is 2.68. The van der Waals surface area contributed by atoms with Gasteiger partial charge in [-0.05, 0) is 36.4 Å². The summed E-state index contributed by atoms with van der Waals surface area (Å²) in [6, 6.07) is 9.67. The van der Waals surface area contributed by atoms with E-state index in [2.05, 4.69) is 10.5 Å². The number of phenolic OH excluding ortho intramolecular Hbond substituents is 1. The highest BCUT2D eigenvalue weighted by Gasteiger charge is 2.05. The van der Waals surface area contributed by atoms with Gasteiger partial charge in [0.25, 0.3) is 5.91 Å². The SMILES string of the molecule is O=C(N/N=C\c1cc(Cl)ccc1O)c1cccc(F)c1. The molecule has 1 amide bonds. The van der Waals surface area contributed by atoms with Crippen molar-refractivity contribution in [1.82, 2.24) is 5.43 Å². The average molecular weight is 293 g/mol. The van der Waals surface area contributed by atoms with Gasteiger partial charge in [-0.3, -0.25) is 4.79 Å². The van der Waals surface area contributed by atoms with Crippen LogP contribution in [0.3, 0.4) is 0 Å². The van der Waals surface area contributed by atoms with Crippen molar-refractivity contribution in [3.63, 3.8) is 0 Å². The molecule has 102 valence electrons. The van der Waals surface area contributed by atoms with E-state index >= 15 is 0 Å². The molecule has 0 heterocycles. The molecule has 2 rings (SSSR count). The van der Waals surface area contributed by atoms with Gasteiger partial charge in [0.2, 0.25) is 0 Å². The second-order valence-corrected chi connectivity index (χ2v) is 4.35. The zero-order valence-electron chi connectivity index (χ0n) is 10.2. The second-order valence-electron chi connectivity index (χ2n) is 3.91. The molecule has 6 heteroatoms. The van der Waals surface area contributed by atoms with E-state index < -0.39 is 11.7 Å². The van der Waals surface area contributed by atoms with Gasteiger partial charge in [0.15, 0.2) is 0 Å². The van der Waals surface area contributed by atoms with Crippen LogP contribution >= 0.6 is 11.6 Å². The molecular weight excluding hydrogens is 283 g/mol. The highest BCUT2D eigenvalue weighted by atomic mass is 35.5. The summed E-state index contributed by atoms with van der Waals surface area (Å²) in [6.45, 7) is 0. The zero-order chi connectivity index (χ0) is 14.5. The van der Waals surface area contributed by atoms with Crippen molar-refractivity contribution in [2.75, 3.05) is 0 Å². The van der Waals surface area contributed by atoms with E-state index in [-0.39, 0.29) is 11.3 Å². The number of phenols is 1. The Hall–Kier alpha value is -2.40. The highest BCUT2D eigenvalue weighted by Crippen LogP contribution is 2.19. The summed E-state index contributed by atoms with van der Waals surface area (Å²) in [5.74, 6) is -1.07. The number of carbonyl (C=O) groups is 1. The molecule has 0 atom stereocenters. The lowest BCUT2D eigenvalue weighted by Crippen LogP contribution is -2.17. The van der Waals surface area contributed by atoms with E-state index in [0.29, 0.717) is 10.6 Å². The summed E-state index contributed by atoms with van der Waals surface area (Å²) >= 11 is 5.77. The lowest BCUT2D eigenvalue weighted by Gasteiger charge is -2.01. The quantitative estimate of drug-likeness (QED) is 0.675. The van der Waals surface area contributed by atoms with Crippen LogP contribution in [-0.4, -0.2) is 17.2 Å². The van der Waals surface area contributed by atoms with Crippen molar-refractivity contribution in [3.8, 4) is 5.75 Å². The maximum Gasteiger partial charge on any atom is 0.271 e. The van der Waals surface area contributed by atoms with Crippen LogP contribution < -0.4 is 5.43 Å². The molecule has 20 heavy (non-hydrogen) atoms. The molecule has 0 unspecified atom stereocenters. The van der Waals surface area contributed by atoms with Crippen LogP contribution in [0.1, 0.15) is 15.9 Å². The Bertz CT molecular complexity index is 674. The van der Waals surface area contributed by atoms with E-state index in [1.54, 1.807) is 0 Å². The number of hydrazone groups is 1. The van der Waals surface area contributed by atoms with Gasteiger partial charge in [-0.1, -0.05) is 17.7 Å². The first-order valence-electron chi connectivity index (χ1n) is 5.64. The van der Waals surface area contributed by atoms with Crippen LogP contribution in [0.5, 0.6) is 5.75 Å². The van der Waals surface area contributed by atoms with Crippen LogP contribution in [0.4, 0.5) is 4.39 Å². The van der Waals surface area contributed by atoms with Gasteiger partial charge < -0.3 is 5.11 Å². The Morgan fingerprint density at radius 1 is 1.30 bits per heavy atom. The Morgan fingerprint density at radius 3 is 2.85 bits per heavy atom. The molecule has 0 bridgehead atoms. The monoisotopic (exact) mass is 292 g/mol. The summed E-state index contributed by atoms with van der Waals surface area (Å²) in [5, 5.41) is 13.7. The molecular formula is C14H10ClFN2O2. The lowest BCUT2D eigenvalue weighted by atomic mass is 10.2. The highest BCUT2D eigenvalue weighted by molar-refractivity contribution is 6.30. The van der Waals surface area contributed by atoms with Crippen molar-refractivity contribution in [1.29, 1.82) is 0 Å². The zero-order valence-corrected chi connectivity index (χ0v) is 10.9. The fourth-order valence-electron chi connectivity index (χ4n) is 1.48. The largest absolute Gasteiger partial charge is 0.507 e. The molecule has 0 saturated heterocycles. The molecule has 0 aliphatic rings. The van der Waals surface area contributed by atoms with E-state index in [0.717, 1.165) is 6.07 Å². The Labute approximate surface area is 119 Å². The van der Waals surface area contributed by atoms with Crippen molar-refractivity contribution in [3.05, 3.63) is 64.4 Å². The summed E-state index contributed by atoms with van der Waals surface area (Å²) in [6.07, 6.45) is 1.25. The average Bonchev–Trinajstić information content (AvgIpc) is 2.42. The molecule has 2 aromatic rings. The van der Waals surface area contributed by atoms with E-state index in [9.17, 15) is 14.3 Å². The Kier molecular flexibility index (Phi) is 4.32. The molecule has 0 spiro atoms. The Balaban J connectivity index is 2.06. The first-order valence-corrected chi connectivity index (χ1v) is 6.01. The van der Waals surface area contributed by atoms with Gasteiger partial charge in [0.05, 0.1) is 6.21 Å². The number of nitrogens with one attached hydrogen (secondary N) is 1. The molecule has 0 saturated carbocycles. The van der Waals surface area contributed by atoms with Crippen LogP contribution in [-0.2, 0) is 0 Å². The number of amides is 1. The summed E-state index contributed by atoms with van der Waals surface area (Å²) in [5.41, 5.74) is 2.74. The first-order chi connectivity index (χ1) is 9.56. The fraction of sp³-hybridized carbons (Fsp3) is 0. The smallest absolute Gasteiger partial charge is 0.271 e. The number of benzene rings is 2. The van der Waals surface area contributed by atoms with Crippen molar-refractivity contribution in [2.24, 2.45) is 5.10 Å². The third-order valence-electron chi connectivity index (χ3n) is 2.45. The van der Waals surface area contributed by atoms with Gasteiger partial charge in [0, 0.05) is 16.1 Å². The number of nitrogens with zero attached hydrogens (tertiary/aromatic N) is 1. The van der Waals surface area contributed by atoms with Gasteiger partial charge in [-0.25, -0.2) is 9.82 Å². The number of halogens is 2. The van der Waals surface area contributed by atoms with Crippen molar-refractivity contribution < 1.29 is 14.3 Å². The number of hydrogen-bond acceptors (Lipinski definition) is 3. The standard InChI is InChI=1S/C14H10ClFN2O2/c15-11-4-5-13(19)10(6-11)8-17-18-14(20)9-2-1-3-12(16)7-9/h1-8,19H,(H,18,20)/b17-8-. The summed E-state index contributed by atoms with van der Waals surface area (Å²) in [7, 11) is 0. The van der Waals surface area contributed by atoms with Gasteiger partial charge in [0.1, 0.15) is 11.6 Å². The third kappa shape index (κ3) is 3.55. The van der Waals surface area contributed by atoms with Gasteiger partial charge >= 0.3 is 0 Å². The number of rotatable bonds is 3. The predicted octanol–water partition coefficient (Wildman–Crippen LogP) is 2.95. The second kappa shape index (κ2) is 6.16. The minimum atomic E-state index is -0.553. The number of aromatic hydroxyl groups is 1. The lowest BCUT2D eigenvalue weighted by molar-refractivity contribution is 0.0954. The van der Waals surface area contributed by atoms with E-state index in [4.69, 9.17) is 11.6 Å². The molecule has 0 fully saturated rings. The van der Waals surface area contributed by atoms with Gasteiger partial charge in [-0.15, -0.1) is 0 Å². The maximum absolute atomic E-state index is 12.9. The summed E-state index contributed by atoms with van der Waals surface area (Å²) in [4.78, 5) is 11.7. The van der Waals surface area contributed by atoms with Crippen LogP contribution in [0.15, 0.2) is 47.6 Å². The molecule has 0 aromatic heterocycles.